The molecule has 6 nitrogen and oxygen atoms in total. The number of rotatable bonds is 5. The van der Waals surface area contributed by atoms with Gasteiger partial charge >= 0.3 is 0 Å². The number of hydroxylamine groups is 2. The third-order valence-corrected chi connectivity index (χ3v) is 2.17. The van der Waals surface area contributed by atoms with Gasteiger partial charge in [0.05, 0.1) is 7.11 Å². The van der Waals surface area contributed by atoms with Crippen LogP contribution in [0.2, 0.25) is 0 Å². The van der Waals surface area contributed by atoms with Gasteiger partial charge in [0.1, 0.15) is 5.82 Å². The summed E-state index contributed by atoms with van der Waals surface area (Å²) in [6.45, 7) is 0. The van der Waals surface area contributed by atoms with Gasteiger partial charge in [-0.15, -0.1) is 0 Å². The maximum absolute atomic E-state index is 11.8. The third kappa shape index (κ3) is 4.06. The molecule has 0 aliphatic rings. The Kier molecular flexibility index (Phi) is 5.13. The van der Waals surface area contributed by atoms with E-state index in [1.165, 1.54) is 7.11 Å². The Balaban J connectivity index is 2.76. The van der Waals surface area contributed by atoms with Gasteiger partial charge < -0.3 is 10.2 Å². The molecule has 0 unspecified atom stereocenters. The minimum atomic E-state index is -0.223. The first-order chi connectivity index (χ1) is 8.54. The number of hydrogen-bond acceptors (Lipinski definition) is 5. The lowest BCUT2D eigenvalue weighted by molar-refractivity contribution is -0.0757. The largest absolute Gasteiger partial charge is 0.382 e. The molecule has 98 valence electrons. The van der Waals surface area contributed by atoms with Crippen LogP contribution < -0.4 is 5.32 Å². The molecule has 6 heteroatoms. The minimum Gasteiger partial charge on any atom is -0.382 e. The van der Waals surface area contributed by atoms with Crippen molar-refractivity contribution in [2.24, 2.45) is 0 Å². The molecule has 1 amide bonds. The zero-order valence-corrected chi connectivity index (χ0v) is 11.0. The molecule has 0 aromatic carbocycles. The van der Waals surface area contributed by atoms with E-state index in [4.69, 9.17) is 4.84 Å². The SMILES string of the molecule is CON(C)C(=O)c1ccnc(NC=CN(C)C)c1. The van der Waals surface area contributed by atoms with Gasteiger partial charge in [0.25, 0.3) is 5.91 Å². The number of amides is 1. The molecule has 1 rings (SSSR count). The molecule has 0 radical (unpaired) electrons. The fourth-order valence-electron chi connectivity index (χ4n) is 1.18. The second kappa shape index (κ2) is 6.61. The van der Waals surface area contributed by atoms with Gasteiger partial charge in [-0.1, -0.05) is 0 Å². The summed E-state index contributed by atoms with van der Waals surface area (Å²) in [5.74, 6) is 0.378. The summed E-state index contributed by atoms with van der Waals surface area (Å²) in [5.41, 5.74) is 0.509. The summed E-state index contributed by atoms with van der Waals surface area (Å²) in [5, 5.41) is 4.14. The topological polar surface area (TPSA) is 57.7 Å². The Morgan fingerprint density at radius 2 is 2.17 bits per heavy atom. The maximum atomic E-state index is 11.8. The average Bonchev–Trinajstić information content (AvgIpc) is 2.37. The van der Waals surface area contributed by atoms with Crippen molar-refractivity contribution in [2.75, 3.05) is 33.6 Å². The number of aromatic nitrogens is 1. The highest BCUT2D eigenvalue weighted by molar-refractivity contribution is 5.93. The van der Waals surface area contributed by atoms with Crippen molar-refractivity contribution >= 4 is 11.7 Å². The number of carbonyl (C=O) groups excluding carboxylic acids is 1. The van der Waals surface area contributed by atoms with E-state index in [0.717, 1.165) is 5.06 Å². The van der Waals surface area contributed by atoms with E-state index in [1.54, 1.807) is 31.6 Å². The molecular weight excluding hydrogens is 232 g/mol. The van der Waals surface area contributed by atoms with Crippen molar-refractivity contribution in [2.45, 2.75) is 0 Å². The fraction of sp³-hybridized carbons (Fsp3) is 0.333. The van der Waals surface area contributed by atoms with E-state index in [2.05, 4.69) is 10.3 Å². The first-order valence-corrected chi connectivity index (χ1v) is 5.42. The first kappa shape index (κ1) is 14.0. The molecule has 1 heterocycles. The molecule has 0 aliphatic heterocycles. The lowest BCUT2D eigenvalue weighted by Gasteiger charge is -2.13. The molecule has 0 aliphatic carbocycles. The highest BCUT2D eigenvalue weighted by Crippen LogP contribution is 2.09. The minimum absolute atomic E-state index is 0.223. The molecule has 0 saturated heterocycles. The molecule has 1 aromatic rings. The van der Waals surface area contributed by atoms with Gasteiger partial charge in [-0.05, 0) is 12.1 Å². The standard InChI is InChI=1S/C12H18N4O2/c1-15(2)8-7-14-11-9-10(5-6-13-11)12(17)16(3)18-4/h5-9H,1-4H3,(H,13,14). The van der Waals surface area contributed by atoms with Crippen molar-refractivity contribution in [1.29, 1.82) is 0 Å². The molecule has 0 bridgehead atoms. The van der Waals surface area contributed by atoms with Crippen LogP contribution in [0.1, 0.15) is 10.4 Å². The predicted molar refractivity (Wildman–Crippen MR) is 69.8 cm³/mol. The lowest BCUT2D eigenvalue weighted by Crippen LogP contribution is -2.25. The Bertz CT molecular complexity index is 432. The van der Waals surface area contributed by atoms with Crippen molar-refractivity contribution < 1.29 is 9.63 Å². The summed E-state index contributed by atoms with van der Waals surface area (Å²) in [4.78, 5) is 22.7. The van der Waals surface area contributed by atoms with Crippen molar-refractivity contribution in [1.82, 2.24) is 14.9 Å². The summed E-state index contributed by atoms with van der Waals surface area (Å²) in [7, 11) is 6.83. The van der Waals surface area contributed by atoms with Crippen LogP contribution in [0.3, 0.4) is 0 Å². The molecule has 1 aromatic heterocycles. The molecular formula is C12H18N4O2. The molecule has 1 N–H and O–H groups in total. The highest BCUT2D eigenvalue weighted by atomic mass is 16.7. The van der Waals surface area contributed by atoms with Crippen molar-refractivity contribution in [3.8, 4) is 0 Å². The monoisotopic (exact) mass is 250 g/mol. The Morgan fingerprint density at radius 1 is 1.44 bits per heavy atom. The predicted octanol–water partition coefficient (Wildman–Crippen LogP) is 1.16. The van der Waals surface area contributed by atoms with Crippen LogP contribution in [0, 0.1) is 0 Å². The van der Waals surface area contributed by atoms with Crippen LogP contribution in [0.15, 0.2) is 30.7 Å². The van der Waals surface area contributed by atoms with Crippen LogP contribution in [-0.4, -0.2) is 49.1 Å². The van der Waals surface area contributed by atoms with Crippen LogP contribution in [0.4, 0.5) is 5.82 Å². The van der Waals surface area contributed by atoms with Gasteiger partial charge in [-0.2, -0.15) is 0 Å². The van der Waals surface area contributed by atoms with Gasteiger partial charge in [0.2, 0.25) is 0 Å². The quantitative estimate of drug-likeness (QED) is 0.795. The molecule has 0 atom stereocenters. The van der Waals surface area contributed by atoms with Crippen molar-refractivity contribution in [3.05, 3.63) is 36.3 Å². The number of pyridine rings is 1. The lowest BCUT2D eigenvalue weighted by atomic mass is 10.2. The van der Waals surface area contributed by atoms with Crippen molar-refractivity contribution in [3.63, 3.8) is 0 Å². The highest BCUT2D eigenvalue weighted by Gasteiger charge is 2.11. The Morgan fingerprint density at radius 3 is 2.78 bits per heavy atom. The second-order valence-corrected chi connectivity index (χ2v) is 3.84. The third-order valence-electron chi connectivity index (χ3n) is 2.17. The van der Waals surface area contributed by atoms with Crippen LogP contribution in [0.5, 0.6) is 0 Å². The van der Waals surface area contributed by atoms with Gasteiger partial charge in [0.15, 0.2) is 0 Å². The van der Waals surface area contributed by atoms with E-state index in [-0.39, 0.29) is 5.91 Å². The van der Waals surface area contributed by atoms with Gasteiger partial charge in [-0.3, -0.25) is 9.63 Å². The number of hydrogen-bond donors (Lipinski definition) is 1. The molecule has 0 fully saturated rings. The van der Waals surface area contributed by atoms with E-state index in [9.17, 15) is 4.79 Å². The van der Waals surface area contributed by atoms with E-state index < -0.39 is 0 Å². The van der Waals surface area contributed by atoms with E-state index in [1.807, 2.05) is 25.2 Å². The smallest absolute Gasteiger partial charge is 0.277 e. The number of nitrogens with zero attached hydrogens (tertiary/aromatic N) is 3. The maximum Gasteiger partial charge on any atom is 0.277 e. The van der Waals surface area contributed by atoms with E-state index in [0.29, 0.717) is 11.4 Å². The molecule has 18 heavy (non-hydrogen) atoms. The van der Waals surface area contributed by atoms with E-state index >= 15 is 0 Å². The summed E-state index contributed by atoms with van der Waals surface area (Å²) in [6, 6.07) is 3.30. The number of carbonyl (C=O) groups is 1. The molecule has 0 saturated carbocycles. The summed E-state index contributed by atoms with van der Waals surface area (Å²) < 4.78 is 0. The van der Waals surface area contributed by atoms with Gasteiger partial charge in [0, 0.05) is 45.3 Å². The summed E-state index contributed by atoms with van der Waals surface area (Å²) >= 11 is 0. The molecule has 0 spiro atoms. The first-order valence-electron chi connectivity index (χ1n) is 5.42. The Hall–Kier alpha value is -2.08. The van der Waals surface area contributed by atoms with Crippen LogP contribution in [-0.2, 0) is 4.84 Å². The average molecular weight is 250 g/mol. The van der Waals surface area contributed by atoms with Gasteiger partial charge in [-0.25, -0.2) is 10.0 Å². The zero-order valence-electron chi connectivity index (χ0n) is 11.0. The van der Waals surface area contributed by atoms with Crippen LogP contribution in [0.25, 0.3) is 0 Å². The summed E-state index contributed by atoms with van der Waals surface area (Å²) in [6.07, 6.45) is 5.16. The Labute approximate surface area is 107 Å². The normalized spacial score (nSPS) is 10.4. The fourth-order valence-corrected chi connectivity index (χ4v) is 1.18. The number of anilines is 1. The number of nitrogens with one attached hydrogen (secondary N) is 1. The zero-order chi connectivity index (χ0) is 13.5. The van der Waals surface area contributed by atoms with Crippen LogP contribution >= 0.6 is 0 Å². The second-order valence-electron chi connectivity index (χ2n) is 3.84.